The van der Waals surface area contributed by atoms with E-state index in [1.165, 1.54) is 0 Å². The number of methoxy groups -OCH3 is 1. The maximum atomic E-state index is 11.0. The molecule has 1 rings (SSSR count). The first-order valence-corrected chi connectivity index (χ1v) is 4.70. The third kappa shape index (κ3) is 2.84. The summed E-state index contributed by atoms with van der Waals surface area (Å²) in [4.78, 5) is 10.7. The zero-order chi connectivity index (χ0) is 9.68. The molecule has 0 aliphatic rings. The van der Waals surface area contributed by atoms with Crippen LogP contribution in [0.15, 0.2) is 30.3 Å². The lowest BCUT2D eigenvalue weighted by molar-refractivity contribution is 0.195. The molecule has 0 aliphatic heterocycles. The van der Waals surface area contributed by atoms with Gasteiger partial charge < -0.3 is 4.74 Å². The molecule has 68 valence electrons. The molecular formula is C8H8O4P+. The van der Waals surface area contributed by atoms with E-state index in [9.17, 15) is 9.36 Å². The molecule has 13 heavy (non-hydrogen) atoms. The number of carbonyl (C=O) groups excluding carboxylic acids is 1. The van der Waals surface area contributed by atoms with Gasteiger partial charge in [0, 0.05) is 0 Å². The SMILES string of the molecule is COC(=O)[P+](=O)Oc1ccccc1. The van der Waals surface area contributed by atoms with Crippen LogP contribution in [0.2, 0.25) is 0 Å². The van der Waals surface area contributed by atoms with Gasteiger partial charge in [0.05, 0.1) is 7.11 Å². The second-order valence-corrected chi connectivity index (χ2v) is 3.19. The van der Waals surface area contributed by atoms with Crippen molar-refractivity contribution in [3.63, 3.8) is 0 Å². The fourth-order valence-corrected chi connectivity index (χ4v) is 1.23. The van der Waals surface area contributed by atoms with Gasteiger partial charge in [0.1, 0.15) is 0 Å². The van der Waals surface area contributed by atoms with Crippen LogP contribution in [0.3, 0.4) is 0 Å². The van der Waals surface area contributed by atoms with E-state index in [-0.39, 0.29) is 0 Å². The highest BCUT2D eigenvalue weighted by atomic mass is 31.1. The lowest BCUT2D eigenvalue weighted by Crippen LogP contribution is -1.94. The molecule has 0 aromatic heterocycles. The zero-order valence-electron chi connectivity index (χ0n) is 6.97. The maximum Gasteiger partial charge on any atom is 0.684 e. The summed E-state index contributed by atoms with van der Waals surface area (Å²) in [5.41, 5.74) is -0.862. The molecular weight excluding hydrogens is 191 g/mol. The van der Waals surface area contributed by atoms with Crippen molar-refractivity contribution >= 4 is 13.7 Å². The van der Waals surface area contributed by atoms with E-state index in [0.717, 1.165) is 7.11 Å². The molecule has 0 aliphatic carbocycles. The molecule has 0 amide bonds. The van der Waals surface area contributed by atoms with Crippen LogP contribution >= 0.6 is 8.03 Å². The predicted octanol–water partition coefficient (Wildman–Crippen LogP) is 2.57. The highest BCUT2D eigenvalue weighted by Crippen LogP contribution is 2.27. The molecule has 4 nitrogen and oxygen atoms in total. The number of rotatable bonds is 3. The molecule has 0 spiro atoms. The molecule has 1 aromatic rings. The Morgan fingerprint density at radius 1 is 1.31 bits per heavy atom. The molecule has 0 saturated carbocycles. The van der Waals surface area contributed by atoms with Crippen LogP contribution in [0.5, 0.6) is 5.75 Å². The van der Waals surface area contributed by atoms with Crippen molar-refractivity contribution in [3.8, 4) is 5.75 Å². The van der Waals surface area contributed by atoms with Gasteiger partial charge in [0.2, 0.25) is 0 Å². The third-order valence-electron chi connectivity index (χ3n) is 1.26. The number of benzene rings is 1. The Labute approximate surface area is 76.3 Å². The summed E-state index contributed by atoms with van der Waals surface area (Å²) in [5.74, 6) is 0.383. The molecule has 5 heteroatoms. The normalized spacial score (nSPS) is 10.4. The van der Waals surface area contributed by atoms with Crippen molar-refractivity contribution in [2.45, 2.75) is 0 Å². The summed E-state index contributed by atoms with van der Waals surface area (Å²) in [7, 11) is -1.27. The third-order valence-corrected chi connectivity index (χ3v) is 2.11. The monoisotopic (exact) mass is 199 g/mol. The Bertz CT molecular complexity index is 309. The van der Waals surface area contributed by atoms with E-state index in [2.05, 4.69) is 4.74 Å². The van der Waals surface area contributed by atoms with E-state index in [1.807, 2.05) is 0 Å². The minimum Gasteiger partial charge on any atom is -0.428 e. The minimum atomic E-state index is -2.43. The second-order valence-electron chi connectivity index (χ2n) is 2.13. The predicted molar refractivity (Wildman–Crippen MR) is 47.1 cm³/mol. The molecule has 0 N–H and O–H groups in total. The first kappa shape index (κ1) is 9.68. The Kier molecular flexibility index (Phi) is 3.41. The van der Waals surface area contributed by atoms with Crippen LogP contribution in [-0.2, 0) is 9.30 Å². The Morgan fingerprint density at radius 2 is 1.92 bits per heavy atom. The van der Waals surface area contributed by atoms with Crippen LogP contribution in [-0.4, -0.2) is 12.8 Å². The molecule has 1 atom stereocenters. The number of hydrogen-bond acceptors (Lipinski definition) is 4. The standard InChI is InChI=1S/C8H8O4P/c1-11-8(9)13(10)12-7-5-3-2-4-6-7/h2-6H,1H3/q+1. The number of carbonyl (C=O) groups is 1. The summed E-state index contributed by atoms with van der Waals surface area (Å²) in [6, 6.07) is 8.44. The average Bonchev–Trinajstić information content (AvgIpc) is 2.18. The Morgan fingerprint density at radius 3 is 2.46 bits per heavy atom. The van der Waals surface area contributed by atoms with E-state index < -0.39 is 13.7 Å². The summed E-state index contributed by atoms with van der Waals surface area (Å²) in [6.45, 7) is 0. The quantitative estimate of drug-likeness (QED) is 0.702. The van der Waals surface area contributed by atoms with E-state index >= 15 is 0 Å². The van der Waals surface area contributed by atoms with Gasteiger partial charge in [-0.05, 0) is 16.7 Å². The highest BCUT2D eigenvalue weighted by Gasteiger charge is 2.34. The zero-order valence-corrected chi connectivity index (χ0v) is 7.86. The van der Waals surface area contributed by atoms with E-state index in [4.69, 9.17) is 4.52 Å². The molecule has 0 saturated heterocycles. The Hall–Kier alpha value is -1.41. The first-order valence-electron chi connectivity index (χ1n) is 3.52. The van der Waals surface area contributed by atoms with Gasteiger partial charge >= 0.3 is 13.7 Å². The topological polar surface area (TPSA) is 52.6 Å². The highest BCUT2D eigenvalue weighted by molar-refractivity contribution is 7.58. The van der Waals surface area contributed by atoms with Gasteiger partial charge in [-0.25, -0.2) is 4.52 Å². The minimum absolute atomic E-state index is 0.383. The van der Waals surface area contributed by atoms with Crippen molar-refractivity contribution < 1.29 is 18.6 Å². The van der Waals surface area contributed by atoms with Gasteiger partial charge in [0.15, 0.2) is 5.75 Å². The largest absolute Gasteiger partial charge is 0.684 e. The van der Waals surface area contributed by atoms with Gasteiger partial charge in [-0.3, -0.25) is 0 Å². The summed E-state index contributed by atoms with van der Waals surface area (Å²) in [5, 5.41) is 0. The van der Waals surface area contributed by atoms with Crippen LogP contribution in [0.25, 0.3) is 0 Å². The van der Waals surface area contributed by atoms with Gasteiger partial charge in [-0.2, -0.15) is 4.79 Å². The summed E-state index contributed by atoms with van der Waals surface area (Å²) in [6.07, 6.45) is 0. The average molecular weight is 199 g/mol. The van der Waals surface area contributed by atoms with Gasteiger partial charge in [-0.1, -0.05) is 18.2 Å². The number of para-hydroxylation sites is 1. The lowest BCUT2D eigenvalue weighted by atomic mass is 10.3. The van der Waals surface area contributed by atoms with Gasteiger partial charge in [0.25, 0.3) is 0 Å². The summed E-state index contributed by atoms with van der Waals surface area (Å²) >= 11 is 0. The number of ether oxygens (including phenoxy) is 1. The van der Waals surface area contributed by atoms with Crippen LogP contribution in [0.1, 0.15) is 0 Å². The molecule has 0 fully saturated rings. The van der Waals surface area contributed by atoms with Gasteiger partial charge in [-0.15, -0.1) is 0 Å². The molecule has 0 heterocycles. The van der Waals surface area contributed by atoms with Crippen LogP contribution in [0.4, 0.5) is 4.79 Å². The fourth-order valence-electron chi connectivity index (χ4n) is 0.689. The van der Waals surface area contributed by atoms with E-state index in [0.29, 0.717) is 5.75 Å². The van der Waals surface area contributed by atoms with Crippen molar-refractivity contribution in [2.24, 2.45) is 0 Å². The van der Waals surface area contributed by atoms with Crippen molar-refractivity contribution in [2.75, 3.05) is 7.11 Å². The first-order chi connectivity index (χ1) is 6.24. The van der Waals surface area contributed by atoms with E-state index in [1.54, 1.807) is 30.3 Å². The maximum absolute atomic E-state index is 11.0. The molecule has 0 radical (unpaired) electrons. The molecule has 1 aromatic carbocycles. The van der Waals surface area contributed by atoms with Crippen LogP contribution < -0.4 is 4.52 Å². The fraction of sp³-hybridized carbons (Fsp3) is 0.125. The lowest BCUT2D eigenvalue weighted by Gasteiger charge is -1.89. The Balaban J connectivity index is 2.60. The van der Waals surface area contributed by atoms with Crippen molar-refractivity contribution in [3.05, 3.63) is 30.3 Å². The smallest absolute Gasteiger partial charge is 0.428 e. The molecule has 0 bridgehead atoms. The van der Waals surface area contributed by atoms with Crippen LogP contribution in [0, 0.1) is 0 Å². The second kappa shape index (κ2) is 4.58. The summed E-state index contributed by atoms with van der Waals surface area (Å²) < 4.78 is 20.0. The number of hydrogen-bond donors (Lipinski definition) is 0. The van der Waals surface area contributed by atoms with Crippen molar-refractivity contribution in [1.29, 1.82) is 0 Å². The molecule has 1 unspecified atom stereocenters. The van der Waals surface area contributed by atoms with Crippen molar-refractivity contribution in [1.82, 2.24) is 0 Å².